The van der Waals surface area contributed by atoms with Crippen LogP contribution in [-0.4, -0.2) is 29.9 Å². The molecule has 1 aromatic carbocycles. The van der Waals surface area contributed by atoms with Gasteiger partial charge in [-0.2, -0.15) is 0 Å². The lowest BCUT2D eigenvalue weighted by molar-refractivity contribution is -0.114. The summed E-state index contributed by atoms with van der Waals surface area (Å²) >= 11 is 0. The van der Waals surface area contributed by atoms with Gasteiger partial charge in [0.25, 0.3) is 0 Å². The molecule has 0 radical (unpaired) electrons. The lowest BCUT2D eigenvalue weighted by atomic mass is 9.69. The van der Waals surface area contributed by atoms with E-state index in [0.29, 0.717) is 5.76 Å². The summed E-state index contributed by atoms with van der Waals surface area (Å²) in [6.07, 6.45) is 9.77. The van der Waals surface area contributed by atoms with Gasteiger partial charge in [0, 0.05) is 17.2 Å². The van der Waals surface area contributed by atoms with Crippen molar-refractivity contribution in [2.75, 3.05) is 7.11 Å². The predicted octanol–water partition coefficient (Wildman–Crippen LogP) is 6.59. The van der Waals surface area contributed by atoms with Crippen LogP contribution in [0.15, 0.2) is 87.6 Å². The molecule has 0 saturated heterocycles. The molecule has 0 bridgehead atoms. The van der Waals surface area contributed by atoms with Crippen molar-refractivity contribution in [2.24, 2.45) is 20.8 Å². The van der Waals surface area contributed by atoms with Crippen LogP contribution in [0, 0.1) is 10.8 Å². The topological polar surface area (TPSA) is 51.0 Å². The van der Waals surface area contributed by atoms with Crippen molar-refractivity contribution in [1.82, 2.24) is 0 Å². The van der Waals surface area contributed by atoms with Gasteiger partial charge in [-0.1, -0.05) is 59.7 Å². The van der Waals surface area contributed by atoms with E-state index < -0.39 is 5.54 Å². The van der Waals surface area contributed by atoms with Crippen molar-refractivity contribution >= 4 is 22.9 Å². The molecular formula is C28H34N2O2. The molecule has 0 spiro atoms. The maximum atomic E-state index is 13.3. The van der Waals surface area contributed by atoms with Crippen LogP contribution in [0.25, 0.3) is 0 Å². The van der Waals surface area contributed by atoms with E-state index in [1.807, 2.05) is 67.6 Å². The second kappa shape index (κ2) is 8.50. The highest BCUT2D eigenvalue weighted by Crippen LogP contribution is 2.41. The highest BCUT2D eigenvalue weighted by molar-refractivity contribution is 6.21. The van der Waals surface area contributed by atoms with Crippen molar-refractivity contribution in [2.45, 2.75) is 54.0 Å². The van der Waals surface area contributed by atoms with Crippen LogP contribution in [0.5, 0.6) is 0 Å². The number of hydrogen-bond donors (Lipinski definition) is 0. The Labute approximate surface area is 192 Å². The van der Waals surface area contributed by atoms with E-state index in [9.17, 15) is 4.79 Å². The lowest BCUT2D eigenvalue weighted by Gasteiger charge is -2.36. The number of rotatable bonds is 3. The minimum Gasteiger partial charge on any atom is -0.494 e. The molecule has 2 aliphatic carbocycles. The van der Waals surface area contributed by atoms with Crippen molar-refractivity contribution in [1.29, 1.82) is 0 Å². The molecular weight excluding hydrogens is 396 g/mol. The standard InChI is InChI=1S/C28H34N2O2/c1-26(2,3)21-17-28(7,18-22(25(21)31)27(4,5)6)30-23-15-14-20(16-24(23)32-8)29-19-12-10-9-11-13-19/h9-18H,1-8H3. The van der Waals surface area contributed by atoms with Gasteiger partial charge in [-0.25, -0.2) is 4.99 Å². The molecule has 4 heteroatoms. The Kier molecular flexibility index (Phi) is 6.28. The van der Waals surface area contributed by atoms with Crippen molar-refractivity contribution in [3.05, 3.63) is 77.6 Å². The summed E-state index contributed by atoms with van der Waals surface area (Å²) in [5.74, 6) is 0.762. The van der Waals surface area contributed by atoms with Gasteiger partial charge in [-0.3, -0.25) is 9.79 Å². The molecule has 3 rings (SSSR count). The van der Waals surface area contributed by atoms with Crippen LogP contribution in [0.3, 0.4) is 0 Å². The van der Waals surface area contributed by atoms with Gasteiger partial charge in [-0.05, 0) is 54.2 Å². The molecule has 168 valence electrons. The first-order chi connectivity index (χ1) is 14.8. The van der Waals surface area contributed by atoms with E-state index in [1.165, 1.54) is 0 Å². The maximum absolute atomic E-state index is 13.3. The number of ether oxygens (including phenoxy) is 1. The molecule has 32 heavy (non-hydrogen) atoms. The second-order valence-corrected chi connectivity index (χ2v) is 10.6. The van der Waals surface area contributed by atoms with Crippen LogP contribution in [0.1, 0.15) is 48.5 Å². The minimum absolute atomic E-state index is 0.113. The Morgan fingerprint density at radius 3 is 1.94 bits per heavy atom. The van der Waals surface area contributed by atoms with Crippen molar-refractivity contribution < 1.29 is 9.53 Å². The maximum Gasteiger partial charge on any atom is 0.185 e. The zero-order valence-electron chi connectivity index (χ0n) is 20.5. The van der Waals surface area contributed by atoms with E-state index in [1.54, 1.807) is 7.11 Å². The van der Waals surface area contributed by atoms with E-state index in [-0.39, 0.29) is 16.6 Å². The largest absolute Gasteiger partial charge is 0.494 e. The molecule has 0 N–H and O–H groups in total. The fourth-order valence-electron chi connectivity index (χ4n) is 3.82. The number of para-hydroxylation sites is 1. The first-order valence-corrected chi connectivity index (χ1v) is 11.0. The number of carbonyl (C=O) groups excluding carboxylic acids is 1. The van der Waals surface area contributed by atoms with Gasteiger partial charge >= 0.3 is 0 Å². The smallest absolute Gasteiger partial charge is 0.185 e. The van der Waals surface area contributed by atoms with Gasteiger partial charge in [0.05, 0.1) is 24.0 Å². The molecule has 0 atom stereocenters. The van der Waals surface area contributed by atoms with Crippen LogP contribution >= 0.6 is 0 Å². The number of aliphatic imine (C=N–C) groups is 2. The predicted molar refractivity (Wildman–Crippen MR) is 134 cm³/mol. The second-order valence-electron chi connectivity index (χ2n) is 10.6. The van der Waals surface area contributed by atoms with E-state index in [4.69, 9.17) is 9.73 Å². The lowest BCUT2D eigenvalue weighted by Crippen LogP contribution is -2.35. The average molecular weight is 431 g/mol. The van der Waals surface area contributed by atoms with Crippen LogP contribution in [0.4, 0.5) is 5.69 Å². The first-order valence-electron chi connectivity index (χ1n) is 11.0. The number of hydrogen-bond acceptors (Lipinski definition) is 4. The van der Waals surface area contributed by atoms with E-state index in [2.05, 4.69) is 46.5 Å². The Bertz CT molecular complexity index is 1050. The van der Waals surface area contributed by atoms with Crippen LogP contribution < -0.4 is 0 Å². The van der Waals surface area contributed by atoms with E-state index in [0.717, 1.165) is 28.3 Å². The van der Waals surface area contributed by atoms with Gasteiger partial charge in [0.2, 0.25) is 0 Å². The third-order valence-electron chi connectivity index (χ3n) is 5.52. The Morgan fingerprint density at radius 1 is 0.875 bits per heavy atom. The average Bonchev–Trinajstić information content (AvgIpc) is 2.70. The Balaban J connectivity index is 2.07. The summed E-state index contributed by atoms with van der Waals surface area (Å²) in [4.78, 5) is 23.0. The number of nitrogens with zero attached hydrogens (tertiary/aromatic N) is 2. The molecule has 0 saturated carbocycles. The monoisotopic (exact) mass is 430 g/mol. The van der Waals surface area contributed by atoms with Gasteiger partial charge in [-0.15, -0.1) is 0 Å². The third-order valence-corrected chi connectivity index (χ3v) is 5.52. The van der Waals surface area contributed by atoms with Gasteiger partial charge in [0.1, 0.15) is 11.5 Å². The van der Waals surface area contributed by atoms with Crippen molar-refractivity contribution in [3.8, 4) is 0 Å². The summed E-state index contributed by atoms with van der Waals surface area (Å²) in [6, 6.07) is 9.81. The quantitative estimate of drug-likeness (QED) is 0.508. The fraction of sp³-hybridized carbons (Fsp3) is 0.393. The minimum atomic E-state index is -0.662. The molecule has 0 unspecified atom stereocenters. The molecule has 0 aromatic heterocycles. The summed E-state index contributed by atoms with van der Waals surface area (Å²) in [5, 5.41) is 0. The zero-order chi connectivity index (χ0) is 23.7. The SMILES string of the molecule is COC1=CC(=Nc2ccccc2)C=CC1=NC1(C)C=C(C(C)(C)C)C(=O)C(C(C)(C)C)=C1. The number of methoxy groups -OCH3 is 1. The van der Waals surface area contributed by atoms with Gasteiger partial charge < -0.3 is 4.74 Å². The number of allylic oxidation sites excluding steroid dienone is 5. The molecule has 0 aliphatic heterocycles. The highest BCUT2D eigenvalue weighted by atomic mass is 16.5. The summed E-state index contributed by atoms with van der Waals surface area (Å²) in [6.45, 7) is 14.5. The molecule has 2 aliphatic rings. The third kappa shape index (κ3) is 5.24. The molecule has 4 nitrogen and oxygen atoms in total. The fourth-order valence-corrected chi connectivity index (χ4v) is 3.82. The summed E-state index contributed by atoms with van der Waals surface area (Å²) in [7, 11) is 1.64. The zero-order valence-corrected chi connectivity index (χ0v) is 20.5. The van der Waals surface area contributed by atoms with Crippen LogP contribution in [-0.2, 0) is 9.53 Å². The molecule has 0 amide bonds. The molecule has 1 aromatic rings. The number of ketones is 1. The normalized spacial score (nSPS) is 21.4. The number of carbonyl (C=O) groups is 1. The number of Topliss-reactive ketones (excluding diaryl/α,β-unsaturated/α-hetero) is 1. The summed E-state index contributed by atoms with van der Waals surface area (Å²) in [5.41, 5.74) is 2.79. The number of benzene rings is 1. The van der Waals surface area contributed by atoms with Crippen molar-refractivity contribution in [3.63, 3.8) is 0 Å². The summed E-state index contributed by atoms with van der Waals surface area (Å²) < 4.78 is 5.66. The molecule has 0 fully saturated rings. The molecule has 0 heterocycles. The Morgan fingerprint density at radius 2 is 1.44 bits per heavy atom. The highest BCUT2D eigenvalue weighted by Gasteiger charge is 2.39. The first kappa shape index (κ1) is 23.6. The Hall–Kier alpha value is -3.01. The van der Waals surface area contributed by atoms with Crippen LogP contribution in [0.2, 0.25) is 0 Å². The van der Waals surface area contributed by atoms with E-state index >= 15 is 0 Å². The van der Waals surface area contributed by atoms with Gasteiger partial charge in [0.15, 0.2) is 5.78 Å².